The largest absolute Gasteiger partial charge is 0.478 e. The van der Waals surface area contributed by atoms with Crippen LogP contribution in [-0.2, 0) is 0 Å². The van der Waals surface area contributed by atoms with Crippen LogP contribution >= 0.6 is 0 Å². The molecule has 0 heterocycles. The lowest BCUT2D eigenvalue weighted by atomic mass is 9.69. The predicted molar refractivity (Wildman–Crippen MR) is 50.2 cm³/mol. The number of hydrogen-bond acceptors (Lipinski definition) is 1. The molecule has 2 heteroatoms. The maximum atomic E-state index is 10.7. The molecule has 1 aromatic rings. The Labute approximate surface area is 77.2 Å². The van der Waals surface area contributed by atoms with Crippen LogP contribution in [0.1, 0.15) is 47.2 Å². The van der Waals surface area contributed by atoms with Crippen LogP contribution in [0.15, 0.2) is 18.2 Å². The van der Waals surface area contributed by atoms with Gasteiger partial charge in [-0.15, -0.1) is 0 Å². The molecule has 0 saturated carbocycles. The topological polar surface area (TPSA) is 37.3 Å². The number of carboxylic acid groups (broad SMARTS) is 1. The molecule has 2 unspecified atom stereocenters. The second kappa shape index (κ2) is 2.59. The molecular formula is C11H12O2. The van der Waals surface area contributed by atoms with Crippen molar-refractivity contribution in [1.82, 2.24) is 0 Å². The zero-order valence-electron chi connectivity index (χ0n) is 7.74. The van der Waals surface area contributed by atoms with Gasteiger partial charge in [-0.3, -0.25) is 0 Å². The molecule has 2 nitrogen and oxygen atoms in total. The monoisotopic (exact) mass is 176 g/mol. The number of fused-ring (bicyclic) bond motifs is 1. The fourth-order valence-corrected chi connectivity index (χ4v) is 1.96. The molecule has 0 amide bonds. The van der Waals surface area contributed by atoms with Gasteiger partial charge in [0.2, 0.25) is 0 Å². The van der Waals surface area contributed by atoms with E-state index in [1.54, 1.807) is 12.1 Å². The van der Waals surface area contributed by atoms with Crippen molar-refractivity contribution in [3.05, 3.63) is 34.9 Å². The van der Waals surface area contributed by atoms with Crippen molar-refractivity contribution >= 4 is 5.97 Å². The average molecular weight is 176 g/mol. The van der Waals surface area contributed by atoms with Gasteiger partial charge in [-0.2, -0.15) is 0 Å². The number of aromatic carboxylic acids is 1. The molecule has 1 aliphatic rings. The van der Waals surface area contributed by atoms with E-state index in [9.17, 15) is 4.79 Å². The molecule has 0 aromatic heterocycles. The van der Waals surface area contributed by atoms with Crippen molar-refractivity contribution in [2.24, 2.45) is 0 Å². The highest BCUT2D eigenvalue weighted by Crippen LogP contribution is 2.45. The van der Waals surface area contributed by atoms with Gasteiger partial charge in [0, 0.05) is 0 Å². The SMILES string of the molecule is CC1c2ccc(C(=O)O)cc2C1C. The Kier molecular flexibility index (Phi) is 1.65. The quantitative estimate of drug-likeness (QED) is 0.714. The minimum absolute atomic E-state index is 0.400. The van der Waals surface area contributed by atoms with E-state index < -0.39 is 5.97 Å². The third kappa shape index (κ3) is 1.05. The van der Waals surface area contributed by atoms with E-state index in [0.29, 0.717) is 17.4 Å². The second-order valence-corrected chi connectivity index (χ2v) is 3.73. The highest BCUT2D eigenvalue weighted by atomic mass is 16.4. The normalized spacial score (nSPS) is 24.8. The summed E-state index contributed by atoms with van der Waals surface area (Å²) in [5, 5.41) is 8.78. The van der Waals surface area contributed by atoms with Crippen LogP contribution in [-0.4, -0.2) is 11.1 Å². The smallest absolute Gasteiger partial charge is 0.335 e. The Morgan fingerprint density at radius 2 is 1.85 bits per heavy atom. The Bertz CT molecular complexity index is 368. The van der Waals surface area contributed by atoms with E-state index in [1.165, 1.54) is 11.1 Å². The van der Waals surface area contributed by atoms with Gasteiger partial charge in [-0.05, 0) is 35.1 Å². The summed E-state index contributed by atoms with van der Waals surface area (Å²) in [6.07, 6.45) is 0. The lowest BCUT2D eigenvalue weighted by Gasteiger charge is -2.35. The van der Waals surface area contributed by atoms with Crippen LogP contribution in [0.4, 0.5) is 0 Å². The fraction of sp³-hybridized carbons (Fsp3) is 0.364. The first-order valence-corrected chi connectivity index (χ1v) is 4.48. The van der Waals surface area contributed by atoms with E-state index >= 15 is 0 Å². The highest BCUT2D eigenvalue weighted by molar-refractivity contribution is 5.88. The summed E-state index contributed by atoms with van der Waals surface area (Å²) in [6.45, 7) is 4.31. The molecule has 68 valence electrons. The number of hydrogen-bond donors (Lipinski definition) is 1. The Morgan fingerprint density at radius 3 is 2.46 bits per heavy atom. The molecule has 0 radical (unpaired) electrons. The van der Waals surface area contributed by atoms with Gasteiger partial charge in [0.25, 0.3) is 0 Å². The van der Waals surface area contributed by atoms with Crippen LogP contribution < -0.4 is 0 Å². The van der Waals surface area contributed by atoms with Crippen LogP contribution in [0.5, 0.6) is 0 Å². The first-order chi connectivity index (χ1) is 6.11. The molecule has 0 fully saturated rings. The molecule has 2 atom stereocenters. The standard InChI is InChI=1S/C11H12O2/c1-6-7(2)10-5-8(11(12)13)3-4-9(6)10/h3-7H,1-2H3,(H,12,13). The maximum Gasteiger partial charge on any atom is 0.335 e. The molecule has 1 aromatic carbocycles. The minimum Gasteiger partial charge on any atom is -0.478 e. The number of benzene rings is 1. The third-order valence-electron chi connectivity index (χ3n) is 3.06. The van der Waals surface area contributed by atoms with E-state index in [4.69, 9.17) is 5.11 Å². The van der Waals surface area contributed by atoms with E-state index in [0.717, 1.165) is 0 Å². The maximum absolute atomic E-state index is 10.7. The van der Waals surface area contributed by atoms with E-state index in [-0.39, 0.29) is 0 Å². The van der Waals surface area contributed by atoms with Crippen molar-refractivity contribution in [1.29, 1.82) is 0 Å². The van der Waals surface area contributed by atoms with Gasteiger partial charge in [0.05, 0.1) is 5.56 Å². The number of carbonyl (C=O) groups is 1. The molecule has 0 aliphatic heterocycles. The van der Waals surface area contributed by atoms with Crippen molar-refractivity contribution in [3.8, 4) is 0 Å². The van der Waals surface area contributed by atoms with Gasteiger partial charge in [-0.25, -0.2) is 4.79 Å². The summed E-state index contributed by atoms with van der Waals surface area (Å²) < 4.78 is 0. The van der Waals surface area contributed by atoms with Gasteiger partial charge < -0.3 is 5.11 Å². The number of rotatable bonds is 1. The van der Waals surface area contributed by atoms with Crippen LogP contribution in [0.25, 0.3) is 0 Å². The summed E-state index contributed by atoms with van der Waals surface area (Å²) in [5.74, 6) is 0.252. The van der Waals surface area contributed by atoms with Crippen molar-refractivity contribution in [2.45, 2.75) is 25.7 Å². The summed E-state index contributed by atoms with van der Waals surface area (Å²) in [7, 11) is 0. The third-order valence-corrected chi connectivity index (χ3v) is 3.06. The minimum atomic E-state index is -0.838. The molecule has 0 saturated heterocycles. The summed E-state index contributed by atoms with van der Waals surface area (Å²) in [4.78, 5) is 10.7. The van der Waals surface area contributed by atoms with Crippen molar-refractivity contribution < 1.29 is 9.90 Å². The molecule has 1 N–H and O–H groups in total. The molecule has 1 aliphatic carbocycles. The van der Waals surface area contributed by atoms with Crippen LogP contribution in [0.2, 0.25) is 0 Å². The van der Waals surface area contributed by atoms with Crippen molar-refractivity contribution in [3.63, 3.8) is 0 Å². The van der Waals surface area contributed by atoms with E-state index in [2.05, 4.69) is 13.8 Å². The van der Waals surface area contributed by atoms with Crippen LogP contribution in [0.3, 0.4) is 0 Å². The second-order valence-electron chi connectivity index (χ2n) is 3.73. The Hall–Kier alpha value is -1.31. The predicted octanol–water partition coefficient (Wildman–Crippen LogP) is 2.61. The molecule has 0 spiro atoms. The molecule has 2 rings (SSSR count). The summed E-state index contributed by atoms with van der Waals surface area (Å²) in [5.41, 5.74) is 2.90. The molecule has 13 heavy (non-hydrogen) atoms. The Balaban J connectivity index is 2.45. The average Bonchev–Trinajstić information content (AvgIpc) is 2.15. The van der Waals surface area contributed by atoms with Crippen molar-refractivity contribution in [2.75, 3.05) is 0 Å². The number of carboxylic acids is 1. The highest BCUT2D eigenvalue weighted by Gasteiger charge is 2.30. The zero-order chi connectivity index (χ0) is 9.59. The van der Waals surface area contributed by atoms with E-state index in [1.807, 2.05) is 6.07 Å². The summed E-state index contributed by atoms with van der Waals surface area (Å²) >= 11 is 0. The van der Waals surface area contributed by atoms with Gasteiger partial charge in [0.1, 0.15) is 0 Å². The lowest BCUT2D eigenvalue weighted by Crippen LogP contribution is -2.20. The van der Waals surface area contributed by atoms with Gasteiger partial charge in [-0.1, -0.05) is 19.9 Å². The zero-order valence-corrected chi connectivity index (χ0v) is 7.74. The molecule has 0 bridgehead atoms. The fourth-order valence-electron chi connectivity index (χ4n) is 1.96. The first kappa shape index (κ1) is 8.30. The Morgan fingerprint density at radius 1 is 1.23 bits per heavy atom. The first-order valence-electron chi connectivity index (χ1n) is 4.48. The van der Waals surface area contributed by atoms with Crippen LogP contribution in [0, 0.1) is 0 Å². The molecular weight excluding hydrogens is 164 g/mol. The lowest BCUT2D eigenvalue weighted by molar-refractivity contribution is 0.0696. The van der Waals surface area contributed by atoms with Gasteiger partial charge in [0.15, 0.2) is 0 Å². The summed E-state index contributed by atoms with van der Waals surface area (Å²) in [6, 6.07) is 5.41. The van der Waals surface area contributed by atoms with Gasteiger partial charge >= 0.3 is 5.97 Å².